The molecule has 2 rings (SSSR count). The number of hydrogen-bond acceptors (Lipinski definition) is 5. The first kappa shape index (κ1) is 12.1. The standard InChI is InChI=1S/C11H18N4O2/c1-7-5-15(6-9(4-12)17-7)10-3-11(16)14-8(2)13-10/h3,7,9H,4-6,12H2,1-2H3,(H,13,14,16). The molecule has 0 amide bonds. The van der Waals surface area contributed by atoms with E-state index in [4.69, 9.17) is 10.5 Å². The number of nitrogens with one attached hydrogen (secondary N) is 1. The van der Waals surface area contributed by atoms with Crippen LogP contribution in [0, 0.1) is 6.92 Å². The Kier molecular flexibility index (Phi) is 3.44. The normalized spacial score (nSPS) is 25.0. The summed E-state index contributed by atoms with van der Waals surface area (Å²) < 4.78 is 5.67. The molecule has 2 heterocycles. The van der Waals surface area contributed by atoms with E-state index in [-0.39, 0.29) is 17.8 Å². The van der Waals surface area contributed by atoms with Crippen molar-refractivity contribution < 1.29 is 4.74 Å². The van der Waals surface area contributed by atoms with Crippen molar-refractivity contribution in [2.45, 2.75) is 26.1 Å². The van der Waals surface area contributed by atoms with Crippen LogP contribution in [0.25, 0.3) is 0 Å². The summed E-state index contributed by atoms with van der Waals surface area (Å²) in [6, 6.07) is 1.51. The molecule has 6 heteroatoms. The van der Waals surface area contributed by atoms with Gasteiger partial charge in [0.2, 0.25) is 0 Å². The summed E-state index contributed by atoms with van der Waals surface area (Å²) in [6.07, 6.45) is 0.0961. The van der Waals surface area contributed by atoms with E-state index in [0.29, 0.717) is 24.7 Å². The molecule has 1 aliphatic heterocycles. The lowest BCUT2D eigenvalue weighted by molar-refractivity contribution is -0.0107. The fourth-order valence-electron chi connectivity index (χ4n) is 2.09. The van der Waals surface area contributed by atoms with Gasteiger partial charge in [-0.3, -0.25) is 4.79 Å². The Bertz CT molecular complexity index is 445. The fraction of sp³-hybridized carbons (Fsp3) is 0.636. The third kappa shape index (κ3) is 2.83. The first-order chi connectivity index (χ1) is 8.08. The van der Waals surface area contributed by atoms with Crippen LogP contribution >= 0.6 is 0 Å². The molecule has 0 bridgehead atoms. The van der Waals surface area contributed by atoms with Crippen LogP contribution in [-0.4, -0.2) is 41.8 Å². The first-order valence-corrected chi connectivity index (χ1v) is 5.77. The fourth-order valence-corrected chi connectivity index (χ4v) is 2.09. The molecule has 1 aromatic heterocycles. The molecular formula is C11H18N4O2. The SMILES string of the molecule is Cc1nc(N2CC(C)OC(CN)C2)cc(=O)[nH]1. The molecule has 3 N–H and O–H groups in total. The number of anilines is 1. The Labute approximate surface area is 99.8 Å². The van der Waals surface area contributed by atoms with Crippen molar-refractivity contribution in [2.75, 3.05) is 24.5 Å². The second-order valence-corrected chi connectivity index (χ2v) is 4.40. The summed E-state index contributed by atoms with van der Waals surface area (Å²) in [5.41, 5.74) is 5.50. The van der Waals surface area contributed by atoms with Gasteiger partial charge < -0.3 is 20.4 Å². The second-order valence-electron chi connectivity index (χ2n) is 4.40. The zero-order chi connectivity index (χ0) is 12.4. The van der Waals surface area contributed by atoms with Crippen molar-refractivity contribution in [3.8, 4) is 0 Å². The topological polar surface area (TPSA) is 84.2 Å². The molecule has 1 fully saturated rings. The number of rotatable bonds is 2. The molecule has 2 unspecified atom stereocenters. The van der Waals surface area contributed by atoms with E-state index in [0.717, 1.165) is 6.54 Å². The predicted octanol–water partition coefficient (Wildman–Crippen LogP) is -0.369. The van der Waals surface area contributed by atoms with Crippen LogP contribution in [0.5, 0.6) is 0 Å². The molecule has 94 valence electrons. The molecule has 6 nitrogen and oxygen atoms in total. The number of ether oxygens (including phenoxy) is 1. The summed E-state index contributed by atoms with van der Waals surface area (Å²) in [7, 11) is 0. The third-order valence-electron chi connectivity index (χ3n) is 2.76. The molecule has 0 radical (unpaired) electrons. The summed E-state index contributed by atoms with van der Waals surface area (Å²) >= 11 is 0. The van der Waals surface area contributed by atoms with Crippen molar-refractivity contribution in [1.82, 2.24) is 9.97 Å². The van der Waals surface area contributed by atoms with Crippen molar-refractivity contribution in [3.05, 3.63) is 22.2 Å². The van der Waals surface area contributed by atoms with E-state index in [2.05, 4.69) is 9.97 Å². The maximum absolute atomic E-state index is 11.4. The maximum atomic E-state index is 11.4. The minimum Gasteiger partial charge on any atom is -0.370 e. The molecule has 1 aromatic rings. The van der Waals surface area contributed by atoms with Gasteiger partial charge in [-0.25, -0.2) is 4.98 Å². The second kappa shape index (κ2) is 4.85. The highest BCUT2D eigenvalue weighted by Crippen LogP contribution is 2.16. The molecule has 2 atom stereocenters. The first-order valence-electron chi connectivity index (χ1n) is 5.77. The summed E-state index contributed by atoms with van der Waals surface area (Å²) in [5.74, 6) is 1.32. The molecule has 1 aliphatic rings. The van der Waals surface area contributed by atoms with Gasteiger partial charge in [-0.05, 0) is 13.8 Å². The molecule has 0 spiro atoms. The van der Waals surface area contributed by atoms with Crippen LogP contribution in [0.3, 0.4) is 0 Å². The van der Waals surface area contributed by atoms with Crippen molar-refractivity contribution >= 4 is 5.82 Å². The molecule has 0 aliphatic carbocycles. The van der Waals surface area contributed by atoms with Crippen LogP contribution in [0.15, 0.2) is 10.9 Å². The number of hydrogen-bond donors (Lipinski definition) is 2. The van der Waals surface area contributed by atoms with E-state index in [1.807, 2.05) is 11.8 Å². The Morgan fingerprint density at radius 1 is 1.65 bits per heavy atom. The van der Waals surface area contributed by atoms with E-state index >= 15 is 0 Å². The van der Waals surface area contributed by atoms with E-state index < -0.39 is 0 Å². The minimum atomic E-state index is -0.129. The van der Waals surface area contributed by atoms with Gasteiger partial charge in [0, 0.05) is 25.7 Å². The van der Waals surface area contributed by atoms with Gasteiger partial charge in [0.15, 0.2) is 0 Å². The Hall–Kier alpha value is -1.40. The monoisotopic (exact) mass is 238 g/mol. The summed E-state index contributed by atoms with van der Waals surface area (Å²) in [5, 5.41) is 0. The molecule has 1 saturated heterocycles. The predicted molar refractivity (Wildman–Crippen MR) is 65.2 cm³/mol. The van der Waals surface area contributed by atoms with Crippen LogP contribution in [-0.2, 0) is 4.74 Å². The van der Waals surface area contributed by atoms with Crippen molar-refractivity contribution in [3.63, 3.8) is 0 Å². The van der Waals surface area contributed by atoms with Gasteiger partial charge in [-0.15, -0.1) is 0 Å². The number of nitrogens with zero attached hydrogens (tertiary/aromatic N) is 2. The minimum absolute atomic E-state index is 0.000133. The number of H-pyrrole nitrogens is 1. The number of morpholine rings is 1. The molecular weight excluding hydrogens is 220 g/mol. The zero-order valence-corrected chi connectivity index (χ0v) is 10.1. The lowest BCUT2D eigenvalue weighted by Gasteiger charge is -2.37. The van der Waals surface area contributed by atoms with Gasteiger partial charge in [0.05, 0.1) is 12.2 Å². The van der Waals surface area contributed by atoms with E-state index in [9.17, 15) is 4.79 Å². The largest absolute Gasteiger partial charge is 0.370 e. The van der Waals surface area contributed by atoms with Crippen LogP contribution in [0.1, 0.15) is 12.7 Å². The van der Waals surface area contributed by atoms with Gasteiger partial charge in [-0.1, -0.05) is 0 Å². The Morgan fingerprint density at radius 3 is 3.06 bits per heavy atom. The van der Waals surface area contributed by atoms with Crippen LogP contribution in [0.2, 0.25) is 0 Å². The van der Waals surface area contributed by atoms with Gasteiger partial charge in [0.1, 0.15) is 11.6 Å². The Morgan fingerprint density at radius 2 is 2.41 bits per heavy atom. The van der Waals surface area contributed by atoms with Crippen molar-refractivity contribution in [2.24, 2.45) is 5.73 Å². The number of aromatic amines is 1. The highest BCUT2D eigenvalue weighted by molar-refractivity contribution is 5.38. The van der Waals surface area contributed by atoms with Crippen LogP contribution < -0.4 is 16.2 Å². The maximum Gasteiger partial charge on any atom is 0.252 e. The third-order valence-corrected chi connectivity index (χ3v) is 2.76. The Balaban J connectivity index is 2.23. The van der Waals surface area contributed by atoms with Gasteiger partial charge in [-0.2, -0.15) is 0 Å². The smallest absolute Gasteiger partial charge is 0.252 e. The average Bonchev–Trinajstić information content (AvgIpc) is 2.26. The van der Waals surface area contributed by atoms with Crippen LogP contribution in [0.4, 0.5) is 5.82 Å². The summed E-state index contributed by atoms with van der Waals surface area (Å²) in [4.78, 5) is 20.4. The van der Waals surface area contributed by atoms with E-state index in [1.165, 1.54) is 6.07 Å². The highest BCUT2D eigenvalue weighted by atomic mass is 16.5. The highest BCUT2D eigenvalue weighted by Gasteiger charge is 2.25. The number of nitrogens with two attached hydrogens (primary N) is 1. The average molecular weight is 238 g/mol. The quantitative estimate of drug-likeness (QED) is 0.734. The van der Waals surface area contributed by atoms with E-state index in [1.54, 1.807) is 6.92 Å². The number of aromatic nitrogens is 2. The molecule has 0 saturated carbocycles. The molecule has 17 heavy (non-hydrogen) atoms. The lowest BCUT2D eigenvalue weighted by atomic mass is 10.2. The van der Waals surface area contributed by atoms with Crippen molar-refractivity contribution in [1.29, 1.82) is 0 Å². The molecule has 0 aromatic carbocycles. The summed E-state index contributed by atoms with van der Waals surface area (Å²) in [6.45, 7) is 5.65. The lowest BCUT2D eigenvalue weighted by Crippen LogP contribution is -2.49. The zero-order valence-electron chi connectivity index (χ0n) is 10.1. The number of aryl methyl sites for hydroxylation is 1. The van der Waals surface area contributed by atoms with Gasteiger partial charge >= 0.3 is 0 Å². The van der Waals surface area contributed by atoms with Gasteiger partial charge in [0.25, 0.3) is 5.56 Å².